The molecule has 0 fully saturated rings. The highest BCUT2D eigenvalue weighted by Gasteiger charge is 2.13. The third-order valence-electron chi connectivity index (χ3n) is 6.36. The first-order valence-electron chi connectivity index (χ1n) is 12.5. The quantitative estimate of drug-likeness (QED) is 0.289. The first-order valence-corrected chi connectivity index (χ1v) is 12.5. The summed E-state index contributed by atoms with van der Waals surface area (Å²) in [5.41, 5.74) is 9.22. The van der Waals surface area contributed by atoms with Gasteiger partial charge in [0.1, 0.15) is 12.4 Å². The van der Waals surface area contributed by atoms with E-state index in [9.17, 15) is 0 Å². The van der Waals surface area contributed by atoms with Crippen LogP contribution >= 0.6 is 0 Å². The van der Waals surface area contributed by atoms with Crippen LogP contribution in [0, 0.1) is 19.3 Å². The molecule has 0 radical (unpaired) electrons. The number of hydrogen-bond acceptors (Lipinski definition) is 2. The molecule has 3 aromatic carbocycles. The van der Waals surface area contributed by atoms with E-state index in [1.165, 1.54) is 11.1 Å². The fourth-order valence-electron chi connectivity index (χ4n) is 4.02. The zero-order valence-corrected chi connectivity index (χ0v) is 22.4. The molecule has 2 heteroatoms. The van der Waals surface area contributed by atoms with Gasteiger partial charge in [-0.3, -0.25) is 4.99 Å². The number of aryl methyl sites for hydroxylation is 2. The van der Waals surface area contributed by atoms with Gasteiger partial charge in [-0.25, -0.2) is 0 Å². The Labute approximate surface area is 212 Å². The van der Waals surface area contributed by atoms with Crippen molar-refractivity contribution in [1.82, 2.24) is 0 Å². The monoisotopic (exact) mass is 465 g/mol. The van der Waals surface area contributed by atoms with Crippen molar-refractivity contribution in [3.8, 4) is 5.75 Å². The van der Waals surface area contributed by atoms with E-state index >= 15 is 0 Å². The molecule has 182 valence electrons. The van der Waals surface area contributed by atoms with Gasteiger partial charge in [-0.1, -0.05) is 93.1 Å². The summed E-state index contributed by atoms with van der Waals surface area (Å²) in [5.74, 6) is 0.866. The maximum Gasteiger partial charge on any atom is 0.120 e. The molecule has 0 amide bonds. The van der Waals surface area contributed by atoms with Gasteiger partial charge in [0, 0.05) is 11.3 Å². The van der Waals surface area contributed by atoms with E-state index in [0.717, 1.165) is 45.8 Å². The predicted molar refractivity (Wildman–Crippen MR) is 151 cm³/mol. The zero-order chi connectivity index (χ0) is 25.4. The van der Waals surface area contributed by atoms with Gasteiger partial charge < -0.3 is 4.74 Å². The second-order valence-electron chi connectivity index (χ2n) is 10.1. The van der Waals surface area contributed by atoms with Gasteiger partial charge in [0.05, 0.1) is 5.71 Å². The summed E-state index contributed by atoms with van der Waals surface area (Å²) in [5, 5.41) is 0. The Kier molecular flexibility index (Phi) is 8.87. The van der Waals surface area contributed by atoms with Crippen molar-refractivity contribution in [3.05, 3.63) is 118 Å². The summed E-state index contributed by atoms with van der Waals surface area (Å²) in [6, 6.07) is 25.1. The van der Waals surface area contributed by atoms with Crippen molar-refractivity contribution in [2.75, 3.05) is 0 Å². The van der Waals surface area contributed by atoms with E-state index in [-0.39, 0.29) is 5.41 Å². The van der Waals surface area contributed by atoms with Crippen LogP contribution in [0.5, 0.6) is 5.75 Å². The molecular weight excluding hydrogens is 426 g/mol. The SMILES string of the molecule is CCC(C)(C)/C=C(C)/N=C(/C=C(\C)c1cccc(OCc2ccccc2)c1)c1ccc(C)cc1C. The number of hydrogen-bond donors (Lipinski definition) is 0. The standard InChI is InChI=1S/C33H39NO/c1-8-33(6,7)22-27(5)34-32(31-18-17-24(2)19-26(31)4)20-25(3)29-15-12-16-30(21-29)35-23-28-13-10-9-11-14-28/h9-22H,8,23H2,1-7H3/b25-20+,27-22+,34-32-. The molecule has 3 rings (SSSR count). The number of nitrogens with zero attached hydrogens (tertiary/aromatic N) is 1. The third-order valence-corrected chi connectivity index (χ3v) is 6.36. The first-order chi connectivity index (χ1) is 16.7. The lowest BCUT2D eigenvalue weighted by molar-refractivity contribution is 0.306. The van der Waals surface area contributed by atoms with Crippen molar-refractivity contribution >= 4 is 11.3 Å². The Balaban J connectivity index is 1.96. The Morgan fingerprint density at radius 2 is 1.66 bits per heavy atom. The molecular formula is C33H39NO. The highest BCUT2D eigenvalue weighted by Crippen LogP contribution is 2.26. The van der Waals surface area contributed by atoms with Crippen LogP contribution in [0.1, 0.15) is 68.9 Å². The molecule has 2 nitrogen and oxygen atoms in total. The van der Waals surface area contributed by atoms with Gasteiger partial charge in [-0.05, 0) is 80.0 Å². The largest absolute Gasteiger partial charge is 0.489 e. The van der Waals surface area contributed by atoms with Crippen LogP contribution in [0.25, 0.3) is 5.57 Å². The average Bonchev–Trinajstić information content (AvgIpc) is 2.83. The molecule has 3 aromatic rings. The van der Waals surface area contributed by atoms with E-state index in [1.54, 1.807) is 0 Å². The molecule has 0 atom stereocenters. The third kappa shape index (κ3) is 7.82. The predicted octanol–water partition coefficient (Wildman–Crippen LogP) is 9.12. The number of benzene rings is 3. The highest BCUT2D eigenvalue weighted by molar-refractivity contribution is 6.13. The lowest BCUT2D eigenvalue weighted by atomic mass is 9.89. The summed E-state index contributed by atoms with van der Waals surface area (Å²) in [6.07, 6.45) is 5.55. The number of allylic oxidation sites excluding steroid dienone is 4. The van der Waals surface area contributed by atoms with Crippen molar-refractivity contribution in [1.29, 1.82) is 0 Å². The maximum absolute atomic E-state index is 6.07. The number of ether oxygens (including phenoxy) is 1. The second kappa shape index (κ2) is 11.8. The fourth-order valence-corrected chi connectivity index (χ4v) is 4.02. The molecule has 0 N–H and O–H groups in total. The average molecular weight is 466 g/mol. The Morgan fingerprint density at radius 1 is 0.914 bits per heavy atom. The van der Waals surface area contributed by atoms with Gasteiger partial charge in [-0.15, -0.1) is 0 Å². The maximum atomic E-state index is 6.07. The summed E-state index contributed by atoms with van der Waals surface area (Å²) in [7, 11) is 0. The van der Waals surface area contributed by atoms with Crippen molar-refractivity contribution in [2.24, 2.45) is 10.4 Å². The Bertz CT molecular complexity index is 1230. The van der Waals surface area contributed by atoms with Gasteiger partial charge in [0.2, 0.25) is 0 Å². The molecule has 0 spiro atoms. The van der Waals surface area contributed by atoms with E-state index in [4.69, 9.17) is 9.73 Å². The van der Waals surface area contributed by atoms with Crippen molar-refractivity contribution in [3.63, 3.8) is 0 Å². The first kappa shape index (κ1) is 26.2. The Hall–Kier alpha value is -3.39. The molecule has 0 heterocycles. The minimum atomic E-state index is 0.115. The van der Waals surface area contributed by atoms with E-state index in [0.29, 0.717) is 6.61 Å². The topological polar surface area (TPSA) is 21.6 Å². The van der Waals surface area contributed by atoms with Crippen LogP contribution in [0.15, 0.2) is 95.6 Å². The van der Waals surface area contributed by atoms with Crippen LogP contribution in [-0.4, -0.2) is 5.71 Å². The highest BCUT2D eigenvalue weighted by atomic mass is 16.5. The summed E-state index contributed by atoms with van der Waals surface area (Å²) < 4.78 is 6.07. The van der Waals surface area contributed by atoms with Crippen molar-refractivity contribution < 1.29 is 4.74 Å². The smallest absolute Gasteiger partial charge is 0.120 e. The van der Waals surface area contributed by atoms with Gasteiger partial charge in [0.15, 0.2) is 0 Å². The van der Waals surface area contributed by atoms with E-state index in [2.05, 4.69) is 109 Å². The van der Waals surface area contributed by atoms with Gasteiger partial charge >= 0.3 is 0 Å². The number of rotatable bonds is 9. The van der Waals surface area contributed by atoms with Crippen LogP contribution in [0.2, 0.25) is 0 Å². The summed E-state index contributed by atoms with van der Waals surface area (Å²) in [4.78, 5) is 5.10. The zero-order valence-electron chi connectivity index (χ0n) is 22.4. The van der Waals surface area contributed by atoms with E-state index < -0.39 is 0 Å². The lowest BCUT2D eigenvalue weighted by Crippen LogP contribution is -2.07. The van der Waals surface area contributed by atoms with Crippen LogP contribution in [0.3, 0.4) is 0 Å². The van der Waals surface area contributed by atoms with E-state index in [1.807, 2.05) is 24.3 Å². The molecule has 0 unspecified atom stereocenters. The van der Waals surface area contributed by atoms with Gasteiger partial charge in [-0.2, -0.15) is 0 Å². The van der Waals surface area contributed by atoms with Gasteiger partial charge in [0.25, 0.3) is 0 Å². The van der Waals surface area contributed by atoms with Crippen LogP contribution in [0.4, 0.5) is 0 Å². The van der Waals surface area contributed by atoms with Crippen molar-refractivity contribution in [2.45, 2.75) is 61.5 Å². The van der Waals surface area contributed by atoms with Crippen LogP contribution < -0.4 is 4.74 Å². The minimum absolute atomic E-state index is 0.115. The molecule has 0 bridgehead atoms. The lowest BCUT2D eigenvalue weighted by Gasteiger charge is -2.18. The molecule has 0 aliphatic heterocycles. The van der Waals surface area contributed by atoms with Crippen LogP contribution in [-0.2, 0) is 6.61 Å². The summed E-state index contributed by atoms with van der Waals surface area (Å²) >= 11 is 0. The normalized spacial score (nSPS) is 13.2. The fraction of sp³-hybridized carbons (Fsp3) is 0.303. The molecule has 0 saturated heterocycles. The molecule has 35 heavy (non-hydrogen) atoms. The molecule has 0 aromatic heterocycles. The molecule has 0 saturated carbocycles. The minimum Gasteiger partial charge on any atom is -0.489 e. The number of aliphatic imine (C=N–C) groups is 1. The molecule has 0 aliphatic carbocycles. The second-order valence-corrected chi connectivity index (χ2v) is 10.1. The Morgan fingerprint density at radius 3 is 2.34 bits per heavy atom. The summed E-state index contributed by atoms with van der Waals surface area (Å²) in [6.45, 7) is 15.8. The molecule has 0 aliphatic rings.